The number of carbonyl (C=O) groups excluding carboxylic acids is 2. The minimum atomic E-state index is -1.26. The van der Waals surface area contributed by atoms with Crippen molar-refractivity contribution in [3.63, 3.8) is 0 Å². The molecule has 3 heterocycles. The van der Waals surface area contributed by atoms with Crippen molar-refractivity contribution >= 4 is 40.7 Å². The number of H-pyrrole nitrogens is 1. The number of carbonyl (C=O) groups is 2. The van der Waals surface area contributed by atoms with E-state index >= 15 is 0 Å². The van der Waals surface area contributed by atoms with Gasteiger partial charge in [-0.05, 0) is 30.2 Å². The summed E-state index contributed by atoms with van der Waals surface area (Å²) in [5.74, 6) is -4.48. The van der Waals surface area contributed by atoms with Crippen molar-refractivity contribution in [3.8, 4) is 5.75 Å². The van der Waals surface area contributed by atoms with E-state index in [1.54, 1.807) is 0 Å². The number of hydrogen-bond acceptors (Lipinski definition) is 9. The lowest BCUT2D eigenvalue weighted by molar-refractivity contribution is -0.385. The maximum atomic E-state index is 13.0. The molecule has 0 saturated heterocycles. The number of rotatable bonds is 2. The van der Waals surface area contributed by atoms with Crippen molar-refractivity contribution in [1.82, 2.24) is 4.98 Å². The van der Waals surface area contributed by atoms with Gasteiger partial charge in [0, 0.05) is 45.6 Å². The number of aromatic amines is 1. The van der Waals surface area contributed by atoms with Gasteiger partial charge in [0.1, 0.15) is 5.75 Å². The Kier molecular flexibility index (Phi) is 3.59. The summed E-state index contributed by atoms with van der Waals surface area (Å²) in [5, 5.41) is 23.9. The van der Waals surface area contributed by atoms with Crippen LogP contribution in [-0.2, 0) is 9.59 Å². The minimum absolute atomic E-state index is 0.117. The zero-order valence-electron chi connectivity index (χ0n) is 15.1. The molecule has 11 heteroatoms. The molecule has 154 valence electrons. The summed E-state index contributed by atoms with van der Waals surface area (Å²) in [5.41, 5.74) is 0.372. The predicted molar refractivity (Wildman–Crippen MR) is 102 cm³/mol. The van der Waals surface area contributed by atoms with E-state index in [4.69, 9.17) is 4.74 Å². The van der Waals surface area contributed by atoms with Crippen LogP contribution in [0.25, 0.3) is 0 Å². The molecule has 2 aliphatic carbocycles. The van der Waals surface area contributed by atoms with Gasteiger partial charge in [-0.1, -0.05) is 11.3 Å². The van der Waals surface area contributed by atoms with Crippen molar-refractivity contribution in [1.29, 1.82) is 0 Å². The molecule has 0 radical (unpaired) electrons. The van der Waals surface area contributed by atoms with Gasteiger partial charge >= 0.3 is 10.8 Å². The van der Waals surface area contributed by atoms with Gasteiger partial charge in [0.05, 0.1) is 15.9 Å². The number of carboxylic acid groups (broad SMARTS) is 1. The van der Waals surface area contributed by atoms with Gasteiger partial charge in [-0.2, -0.15) is 0 Å². The summed E-state index contributed by atoms with van der Waals surface area (Å²) < 4.78 is 5.60. The molecule has 1 aromatic carbocycles. The molecule has 2 aromatic rings. The summed E-state index contributed by atoms with van der Waals surface area (Å²) in [4.78, 5) is 51.3. The number of esters is 1. The number of thioether (sulfide) groups is 1. The standard InChI is InChI=1S/C19H14N2O7S2/c22-17(23)12-8-4-7-11-10(15-16(29-14(8)11)20-19(25)30-15)6-3-5(21(26)27)1-2-9(6)28-18(24)13(7)12/h1-3,7-8,10-14H,4H2,(H,20,25)(H,22,23)/p-1/t7-,8-,10-,11+,12-,13-,14-/m0/s1. The second-order valence-electron chi connectivity index (χ2n) is 8.18. The van der Waals surface area contributed by atoms with Crippen LogP contribution >= 0.6 is 23.1 Å². The summed E-state index contributed by atoms with van der Waals surface area (Å²) in [6.45, 7) is 0. The molecule has 2 saturated carbocycles. The molecule has 6 rings (SSSR count). The van der Waals surface area contributed by atoms with Gasteiger partial charge in [-0.15, -0.1) is 11.8 Å². The topological polar surface area (TPSA) is 142 Å². The van der Waals surface area contributed by atoms with Crippen LogP contribution in [0.2, 0.25) is 0 Å². The average Bonchev–Trinajstić information content (AvgIpc) is 3.35. The minimum Gasteiger partial charge on any atom is -0.550 e. The number of nitro benzene ring substituents is 1. The fraction of sp³-hybridized carbons (Fsp3) is 0.421. The van der Waals surface area contributed by atoms with E-state index in [1.807, 2.05) is 0 Å². The van der Waals surface area contributed by atoms with E-state index in [1.165, 1.54) is 30.0 Å². The molecule has 0 amide bonds. The van der Waals surface area contributed by atoms with Gasteiger partial charge in [-0.3, -0.25) is 19.7 Å². The summed E-state index contributed by atoms with van der Waals surface area (Å²) in [6.07, 6.45) is 0.556. The third-order valence-corrected chi connectivity index (χ3v) is 9.60. The van der Waals surface area contributed by atoms with E-state index in [-0.39, 0.29) is 45.2 Å². The Bertz CT molecular complexity index is 1200. The summed E-state index contributed by atoms with van der Waals surface area (Å²) in [7, 11) is 0. The van der Waals surface area contributed by atoms with Crippen LogP contribution in [0, 0.1) is 39.7 Å². The number of fused-ring (bicyclic) bond motifs is 6. The number of aliphatic carboxylic acids is 1. The number of carboxylic acids is 1. The number of benzene rings is 1. The molecular formula is C19H13N2O7S2-. The maximum absolute atomic E-state index is 13.0. The molecule has 30 heavy (non-hydrogen) atoms. The van der Waals surface area contributed by atoms with Crippen LogP contribution in [0.5, 0.6) is 5.75 Å². The fourth-order valence-electron chi connectivity index (χ4n) is 6.09. The Morgan fingerprint density at radius 1 is 1.27 bits per heavy atom. The van der Waals surface area contributed by atoms with Crippen LogP contribution < -0.4 is 14.7 Å². The molecule has 4 aliphatic rings. The van der Waals surface area contributed by atoms with Crippen molar-refractivity contribution < 1.29 is 24.4 Å². The van der Waals surface area contributed by atoms with E-state index in [2.05, 4.69) is 4.98 Å². The normalized spacial score (nSPS) is 35.1. The lowest BCUT2D eigenvalue weighted by Crippen LogP contribution is -2.52. The summed E-state index contributed by atoms with van der Waals surface area (Å²) in [6, 6.07) is 4.06. The largest absolute Gasteiger partial charge is 0.550 e. The molecule has 2 aliphatic heterocycles. The number of nitro groups is 1. The number of nitrogens with one attached hydrogen (secondary N) is 1. The number of thiazole rings is 1. The van der Waals surface area contributed by atoms with Gasteiger partial charge in [0.15, 0.2) is 0 Å². The Morgan fingerprint density at radius 3 is 2.80 bits per heavy atom. The molecule has 2 bridgehead atoms. The Balaban J connectivity index is 1.63. The number of hydrogen-bond donors (Lipinski definition) is 1. The zero-order valence-corrected chi connectivity index (χ0v) is 16.7. The first kappa shape index (κ1) is 18.1. The number of ether oxygens (including phenoxy) is 1. The smallest absolute Gasteiger partial charge is 0.315 e. The molecule has 1 N–H and O–H groups in total. The highest BCUT2D eigenvalue weighted by Crippen LogP contribution is 2.68. The SMILES string of the molecule is O=C([O-])[C@H]1[C@@H]2C[C@@H]3[C@@H]1C(=O)Oc1ccc([N+](=O)[O-])cc1[C@@H]1c4sc(=O)[nH]c4S[C@@H]2[C@@H]13. The van der Waals surface area contributed by atoms with Gasteiger partial charge < -0.3 is 19.6 Å². The second kappa shape index (κ2) is 5.94. The Labute approximate surface area is 176 Å². The highest BCUT2D eigenvalue weighted by Gasteiger charge is 2.65. The van der Waals surface area contributed by atoms with E-state index < -0.39 is 28.7 Å². The third kappa shape index (κ3) is 2.21. The summed E-state index contributed by atoms with van der Waals surface area (Å²) >= 11 is 2.51. The number of aromatic nitrogens is 1. The molecule has 0 unspecified atom stereocenters. The van der Waals surface area contributed by atoms with Crippen molar-refractivity contribution in [2.75, 3.05) is 0 Å². The molecule has 1 aromatic heterocycles. The van der Waals surface area contributed by atoms with Crippen molar-refractivity contribution in [2.24, 2.45) is 29.6 Å². The highest BCUT2D eigenvalue weighted by molar-refractivity contribution is 8.00. The monoisotopic (exact) mass is 445 g/mol. The zero-order chi connectivity index (χ0) is 20.9. The highest BCUT2D eigenvalue weighted by atomic mass is 32.2. The molecule has 0 spiro atoms. The van der Waals surface area contributed by atoms with E-state index in [0.29, 0.717) is 17.0 Å². The molecule has 9 nitrogen and oxygen atoms in total. The number of non-ortho nitro benzene ring substituents is 1. The first-order chi connectivity index (χ1) is 14.3. The molecule has 2 fully saturated rings. The van der Waals surface area contributed by atoms with Crippen LogP contribution in [0.15, 0.2) is 28.0 Å². The first-order valence-corrected chi connectivity index (χ1v) is 11.2. The van der Waals surface area contributed by atoms with Gasteiger partial charge in [0.25, 0.3) is 5.69 Å². The van der Waals surface area contributed by atoms with Crippen molar-refractivity contribution in [2.45, 2.75) is 22.6 Å². The van der Waals surface area contributed by atoms with Crippen LogP contribution in [0.3, 0.4) is 0 Å². The van der Waals surface area contributed by atoms with Gasteiger partial charge in [-0.25, -0.2) is 0 Å². The van der Waals surface area contributed by atoms with E-state index in [0.717, 1.165) is 16.2 Å². The van der Waals surface area contributed by atoms with Gasteiger partial charge in [0.2, 0.25) is 0 Å². The maximum Gasteiger partial charge on any atom is 0.315 e. The van der Waals surface area contributed by atoms with Crippen LogP contribution in [0.1, 0.15) is 22.8 Å². The van der Waals surface area contributed by atoms with E-state index in [9.17, 15) is 29.6 Å². The fourth-order valence-corrected chi connectivity index (χ4v) is 8.97. The predicted octanol–water partition coefficient (Wildman–Crippen LogP) is 1.12. The number of nitrogens with zero attached hydrogens (tertiary/aromatic N) is 1. The molecular weight excluding hydrogens is 432 g/mol. The molecule has 7 atom stereocenters. The Hall–Kier alpha value is -2.66. The van der Waals surface area contributed by atoms with Crippen molar-refractivity contribution in [3.05, 3.63) is 48.4 Å². The second-order valence-corrected chi connectivity index (χ2v) is 10.4. The quantitative estimate of drug-likeness (QED) is 0.314. The van der Waals surface area contributed by atoms with Crippen LogP contribution in [-0.4, -0.2) is 27.1 Å². The third-order valence-electron chi connectivity index (χ3n) is 7.01. The Morgan fingerprint density at radius 2 is 2.07 bits per heavy atom. The lowest BCUT2D eigenvalue weighted by Gasteiger charge is -2.46. The van der Waals surface area contributed by atoms with Crippen LogP contribution in [0.4, 0.5) is 5.69 Å². The first-order valence-electron chi connectivity index (χ1n) is 9.45. The average molecular weight is 445 g/mol. The lowest BCUT2D eigenvalue weighted by atomic mass is 9.66.